The van der Waals surface area contributed by atoms with Crippen LogP contribution in [0.5, 0.6) is 0 Å². The molecule has 1 aliphatic heterocycles. The zero-order chi connectivity index (χ0) is 12.4. The topological polar surface area (TPSA) is 85.3 Å². The third kappa shape index (κ3) is 2.21. The molecular formula is C11H16N4O2. The second-order valence-corrected chi connectivity index (χ2v) is 4.34. The summed E-state index contributed by atoms with van der Waals surface area (Å²) in [5.41, 5.74) is 6.55. The Bertz CT molecular complexity index is 435. The fourth-order valence-electron chi connectivity index (χ4n) is 2.26. The molecule has 2 N–H and O–H groups in total. The van der Waals surface area contributed by atoms with Crippen LogP contribution in [0.2, 0.25) is 0 Å². The van der Waals surface area contributed by atoms with Gasteiger partial charge in [-0.3, -0.25) is 10.1 Å². The van der Waals surface area contributed by atoms with E-state index in [4.69, 9.17) is 5.73 Å². The molecule has 6 nitrogen and oxygen atoms in total. The fraction of sp³-hybridized carbons (Fsp3) is 0.545. The third-order valence-corrected chi connectivity index (χ3v) is 3.10. The summed E-state index contributed by atoms with van der Waals surface area (Å²) in [5, 5.41) is 11.0. The van der Waals surface area contributed by atoms with E-state index in [0.29, 0.717) is 12.4 Å². The standard InChI is InChI=1S/C11H16N4O2/c1-8-5-10(15(16)17)11(13-7-8)14-4-2-3-9(14)6-12/h5,7,9H,2-4,6,12H2,1H3. The van der Waals surface area contributed by atoms with Crippen molar-refractivity contribution < 1.29 is 4.92 Å². The summed E-state index contributed by atoms with van der Waals surface area (Å²) in [7, 11) is 0. The van der Waals surface area contributed by atoms with E-state index in [1.165, 1.54) is 0 Å². The van der Waals surface area contributed by atoms with Gasteiger partial charge in [-0.05, 0) is 25.3 Å². The van der Waals surface area contributed by atoms with Crippen LogP contribution in [0.25, 0.3) is 0 Å². The van der Waals surface area contributed by atoms with Crippen molar-refractivity contribution in [3.8, 4) is 0 Å². The maximum atomic E-state index is 11.0. The zero-order valence-electron chi connectivity index (χ0n) is 9.80. The van der Waals surface area contributed by atoms with Gasteiger partial charge in [0.1, 0.15) is 0 Å². The van der Waals surface area contributed by atoms with Gasteiger partial charge >= 0.3 is 5.69 Å². The van der Waals surface area contributed by atoms with Crippen molar-refractivity contribution in [3.63, 3.8) is 0 Å². The molecule has 6 heteroatoms. The maximum absolute atomic E-state index is 11.0. The molecule has 2 heterocycles. The monoisotopic (exact) mass is 236 g/mol. The molecule has 1 aliphatic rings. The number of pyridine rings is 1. The van der Waals surface area contributed by atoms with Crippen molar-refractivity contribution in [3.05, 3.63) is 27.9 Å². The molecule has 1 unspecified atom stereocenters. The number of nitrogens with two attached hydrogens (primary N) is 1. The van der Waals surface area contributed by atoms with Crippen molar-refractivity contribution >= 4 is 11.5 Å². The van der Waals surface area contributed by atoms with E-state index in [1.54, 1.807) is 19.2 Å². The van der Waals surface area contributed by atoms with E-state index in [-0.39, 0.29) is 16.7 Å². The Balaban J connectivity index is 2.40. The van der Waals surface area contributed by atoms with Crippen LogP contribution in [0.15, 0.2) is 12.3 Å². The minimum Gasteiger partial charge on any atom is -0.347 e. The van der Waals surface area contributed by atoms with Crippen LogP contribution in [0, 0.1) is 17.0 Å². The number of hydrogen-bond acceptors (Lipinski definition) is 5. The Kier molecular flexibility index (Phi) is 3.23. The molecule has 17 heavy (non-hydrogen) atoms. The van der Waals surface area contributed by atoms with Gasteiger partial charge in [0.15, 0.2) is 0 Å². The molecular weight excluding hydrogens is 220 g/mol. The molecule has 0 aromatic carbocycles. The molecule has 0 radical (unpaired) electrons. The Morgan fingerprint density at radius 1 is 1.71 bits per heavy atom. The lowest BCUT2D eigenvalue weighted by molar-refractivity contribution is -0.384. The lowest BCUT2D eigenvalue weighted by atomic mass is 10.2. The van der Waals surface area contributed by atoms with E-state index in [1.807, 2.05) is 4.90 Å². The molecule has 0 amide bonds. The quantitative estimate of drug-likeness (QED) is 0.630. The highest BCUT2D eigenvalue weighted by Crippen LogP contribution is 2.31. The Labute approximate surface area is 99.6 Å². The van der Waals surface area contributed by atoms with Crippen LogP contribution in [-0.4, -0.2) is 29.0 Å². The summed E-state index contributed by atoms with van der Waals surface area (Å²) in [6.45, 7) is 3.10. The first-order chi connectivity index (χ1) is 8.13. The molecule has 0 saturated carbocycles. The second kappa shape index (κ2) is 4.67. The van der Waals surface area contributed by atoms with E-state index in [0.717, 1.165) is 24.9 Å². The van der Waals surface area contributed by atoms with Gasteiger partial charge in [0.2, 0.25) is 5.82 Å². The van der Waals surface area contributed by atoms with Crippen LogP contribution < -0.4 is 10.6 Å². The Morgan fingerprint density at radius 2 is 2.47 bits per heavy atom. The maximum Gasteiger partial charge on any atom is 0.311 e. The Hall–Kier alpha value is -1.69. The normalized spacial score (nSPS) is 19.6. The lowest BCUT2D eigenvalue weighted by Crippen LogP contribution is -2.36. The third-order valence-electron chi connectivity index (χ3n) is 3.10. The minimum absolute atomic E-state index is 0.0744. The molecule has 0 aliphatic carbocycles. The van der Waals surface area contributed by atoms with Crippen molar-refractivity contribution in [1.82, 2.24) is 4.98 Å². The van der Waals surface area contributed by atoms with Gasteiger partial charge in [-0.15, -0.1) is 0 Å². The number of aromatic nitrogens is 1. The van der Waals surface area contributed by atoms with Crippen LogP contribution in [0.4, 0.5) is 11.5 Å². The molecule has 92 valence electrons. The number of nitro groups is 1. The average molecular weight is 236 g/mol. The molecule has 0 bridgehead atoms. The molecule has 0 spiro atoms. The highest BCUT2D eigenvalue weighted by molar-refractivity contribution is 5.59. The molecule has 1 saturated heterocycles. The van der Waals surface area contributed by atoms with E-state index in [2.05, 4.69) is 4.98 Å². The van der Waals surface area contributed by atoms with Gasteiger partial charge in [0, 0.05) is 31.4 Å². The fourth-order valence-corrected chi connectivity index (χ4v) is 2.26. The van der Waals surface area contributed by atoms with E-state index < -0.39 is 0 Å². The van der Waals surface area contributed by atoms with Gasteiger partial charge in [-0.25, -0.2) is 4.98 Å². The van der Waals surface area contributed by atoms with Crippen molar-refractivity contribution in [2.45, 2.75) is 25.8 Å². The number of anilines is 1. The van der Waals surface area contributed by atoms with Crippen LogP contribution in [-0.2, 0) is 0 Å². The molecule has 1 atom stereocenters. The summed E-state index contributed by atoms with van der Waals surface area (Å²) < 4.78 is 0. The van der Waals surface area contributed by atoms with Gasteiger partial charge in [0.25, 0.3) is 0 Å². The summed E-state index contributed by atoms with van der Waals surface area (Å²) in [4.78, 5) is 16.8. The van der Waals surface area contributed by atoms with Gasteiger partial charge < -0.3 is 10.6 Å². The SMILES string of the molecule is Cc1cnc(N2CCCC2CN)c([N+](=O)[O-])c1. The first-order valence-corrected chi connectivity index (χ1v) is 5.71. The lowest BCUT2D eigenvalue weighted by Gasteiger charge is -2.24. The predicted molar refractivity (Wildman–Crippen MR) is 65.1 cm³/mol. The van der Waals surface area contributed by atoms with E-state index >= 15 is 0 Å². The summed E-state index contributed by atoms with van der Waals surface area (Å²) in [6.07, 6.45) is 3.64. The van der Waals surface area contributed by atoms with Crippen molar-refractivity contribution in [2.24, 2.45) is 5.73 Å². The Morgan fingerprint density at radius 3 is 3.12 bits per heavy atom. The average Bonchev–Trinajstić information content (AvgIpc) is 2.76. The summed E-state index contributed by atoms with van der Waals surface area (Å²) in [5.74, 6) is 0.452. The van der Waals surface area contributed by atoms with Crippen LogP contribution >= 0.6 is 0 Å². The molecule has 2 rings (SSSR count). The molecule has 1 fully saturated rings. The minimum atomic E-state index is -0.374. The smallest absolute Gasteiger partial charge is 0.311 e. The van der Waals surface area contributed by atoms with Crippen LogP contribution in [0.3, 0.4) is 0 Å². The number of rotatable bonds is 3. The van der Waals surface area contributed by atoms with Crippen LogP contribution in [0.1, 0.15) is 18.4 Å². The largest absolute Gasteiger partial charge is 0.347 e. The highest BCUT2D eigenvalue weighted by Gasteiger charge is 2.30. The molecule has 1 aromatic heterocycles. The molecule has 1 aromatic rings. The van der Waals surface area contributed by atoms with Gasteiger partial charge in [-0.1, -0.05) is 0 Å². The summed E-state index contributed by atoms with van der Waals surface area (Å²) in [6, 6.07) is 1.73. The number of aryl methyl sites for hydroxylation is 1. The number of hydrogen-bond donors (Lipinski definition) is 1. The highest BCUT2D eigenvalue weighted by atomic mass is 16.6. The van der Waals surface area contributed by atoms with E-state index in [9.17, 15) is 10.1 Å². The van der Waals surface area contributed by atoms with Gasteiger partial charge in [0.05, 0.1) is 4.92 Å². The predicted octanol–water partition coefficient (Wildman–Crippen LogP) is 1.23. The first kappa shape index (κ1) is 11.8. The van der Waals surface area contributed by atoms with Gasteiger partial charge in [-0.2, -0.15) is 0 Å². The van der Waals surface area contributed by atoms with Crippen molar-refractivity contribution in [2.75, 3.05) is 18.0 Å². The first-order valence-electron chi connectivity index (χ1n) is 5.71. The summed E-state index contributed by atoms with van der Waals surface area (Å²) >= 11 is 0. The zero-order valence-corrected chi connectivity index (χ0v) is 9.80. The second-order valence-electron chi connectivity index (χ2n) is 4.34. The van der Waals surface area contributed by atoms with Crippen molar-refractivity contribution in [1.29, 1.82) is 0 Å². The number of nitrogens with zero attached hydrogens (tertiary/aromatic N) is 3.